The Hall–Kier alpha value is -2.81. The van der Waals surface area contributed by atoms with Crippen molar-refractivity contribution in [2.75, 3.05) is 0 Å². The molecule has 0 spiro atoms. The van der Waals surface area contributed by atoms with Crippen molar-refractivity contribution < 1.29 is 8.83 Å². The zero-order valence-corrected chi connectivity index (χ0v) is 11.4. The number of hydrogen-bond acceptors (Lipinski definition) is 3. The monoisotopic (exact) mass is 276 g/mol. The predicted molar refractivity (Wildman–Crippen MR) is 82.4 cm³/mol. The minimum Gasteiger partial charge on any atom is -0.464 e. The molecule has 0 atom stereocenters. The lowest BCUT2D eigenvalue weighted by Crippen LogP contribution is -2.02. The van der Waals surface area contributed by atoms with E-state index in [4.69, 9.17) is 8.83 Å². The van der Waals surface area contributed by atoms with Crippen LogP contribution in [0.1, 0.15) is 5.56 Å². The first-order valence-electron chi connectivity index (χ1n) is 6.73. The summed E-state index contributed by atoms with van der Waals surface area (Å²) in [6.45, 7) is 2.01. The minimum atomic E-state index is -0.350. The van der Waals surface area contributed by atoms with Crippen LogP contribution in [0.15, 0.2) is 68.4 Å². The summed E-state index contributed by atoms with van der Waals surface area (Å²) in [5, 5.41) is 1.82. The molecule has 21 heavy (non-hydrogen) atoms. The Kier molecular flexibility index (Phi) is 2.48. The highest BCUT2D eigenvalue weighted by molar-refractivity contribution is 5.95. The van der Waals surface area contributed by atoms with Crippen molar-refractivity contribution in [3.8, 4) is 11.1 Å². The third kappa shape index (κ3) is 1.86. The molecule has 4 aromatic rings. The fraction of sp³-hybridized carbons (Fsp3) is 0.0556. The maximum atomic E-state index is 12.2. The first kappa shape index (κ1) is 12.0. The standard InChI is InChI=1S/C18H12O3/c1-11-6-7-13-15(10-20-17(13)8-11)14-9-12-4-2-3-5-16(12)21-18(14)19/h2-10H,1H3. The topological polar surface area (TPSA) is 43.4 Å². The molecular weight excluding hydrogens is 264 g/mol. The number of fused-ring (bicyclic) bond motifs is 2. The van der Waals surface area contributed by atoms with Crippen LogP contribution >= 0.6 is 0 Å². The van der Waals surface area contributed by atoms with Gasteiger partial charge in [0.1, 0.15) is 11.2 Å². The molecule has 0 radical (unpaired) electrons. The lowest BCUT2D eigenvalue weighted by Gasteiger charge is -2.00. The molecule has 102 valence electrons. The van der Waals surface area contributed by atoms with E-state index in [1.807, 2.05) is 49.4 Å². The third-order valence-corrected chi connectivity index (χ3v) is 3.66. The van der Waals surface area contributed by atoms with Gasteiger partial charge in [-0.3, -0.25) is 0 Å². The van der Waals surface area contributed by atoms with Crippen LogP contribution in [-0.4, -0.2) is 0 Å². The van der Waals surface area contributed by atoms with Gasteiger partial charge in [-0.2, -0.15) is 0 Å². The van der Waals surface area contributed by atoms with E-state index in [-0.39, 0.29) is 5.63 Å². The molecule has 2 aromatic carbocycles. The molecule has 0 amide bonds. The average molecular weight is 276 g/mol. The average Bonchev–Trinajstić information content (AvgIpc) is 2.89. The first-order valence-corrected chi connectivity index (χ1v) is 6.73. The SMILES string of the molecule is Cc1ccc2c(-c3cc4ccccc4oc3=O)coc2c1. The lowest BCUT2D eigenvalue weighted by molar-refractivity contribution is 0.563. The van der Waals surface area contributed by atoms with Gasteiger partial charge in [-0.15, -0.1) is 0 Å². The minimum absolute atomic E-state index is 0.350. The van der Waals surface area contributed by atoms with Crippen LogP contribution < -0.4 is 5.63 Å². The summed E-state index contributed by atoms with van der Waals surface area (Å²) in [7, 11) is 0. The molecule has 3 heteroatoms. The van der Waals surface area contributed by atoms with E-state index >= 15 is 0 Å². The molecule has 4 rings (SSSR count). The van der Waals surface area contributed by atoms with Crippen LogP contribution in [0.3, 0.4) is 0 Å². The van der Waals surface area contributed by atoms with Gasteiger partial charge in [-0.1, -0.05) is 30.3 Å². The molecule has 0 aliphatic heterocycles. The Morgan fingerprint density at radius 2 is 1.76 bits per heavy atom. The lowest BCUT2D eigenvalue weighted by atomic mass is 10.0. The summed E-state index contributed by atoms with van der Waals surface area (Å²) in [6.07, 6.45) is 1.62. The molecule has 0 saturated carbocycles. The maximum Gasteiger partial charge on any atom is 0.344 e. The van der Waals surface area contributed by atoms with E-state index in [9.17, 15) is 4.79 Å². The molecule has 2 heterocycles. The summed E-state index contributed by atoms with van der Waals surface area (Å²) in [5.74, 6) is 0. The molecule has 0 bridgehead atoms. The summed E-state index contributed by atoms with van der Waals surface area (Å²) >= 11 is 0. The van der Waals surface area contributed by atoms with Crippen molar-refractivity contribution in [3.05, 3.63) is 70.8 Å². The second-order valence-electron chi connectivity index (χ2n) is 5.13. The Morgan fingerprint density at radius 1 is 0.905 bits per heavy atom. The van der Waals surface area contributed by atoms with Crippen LogP contribution in [0.4, 0.5) is 0 Å². The number of aryl methyl sites for hydroxylation is 1. The zero-order valence-electron chi connectivity index (χ0n) is 11.4. The second kappa shape index (κ2) is 4.35. The highest BCUT2D eigenvalue weighted by Gasteiger charge is 2.13. The van der Waals surface area contributed by atoms with Crippen molar-refractivity contribution in [2.24, 2.45) is 0 Å². The molecule has 0 fully saturated rings. The van der Waals surface area contributed by atoms with Gasteiger partial charge >= 0.3 is 5.63 Å². The Morgan fingerprint density at radius 3 is 2.67 bits per heavy atom. The molecule has 2 aromatic heterocycles. The van der Waals surface area contributed by atoms with Crippen LogP contribution in [-0.2, 0) is 0 Å². The van der Waals surface area contributed by atoms with E-state index < -0.39 is 0 Å². The second-order valence-corrected chi connectivity index (χ2v) is 5.13. The number of hydrogen-bond donors (Lipinski definition) is 0. The van der Waals surface area contributed by atoms with Gasteiger partial charge in [0, 0.05) is 16.3 Å². The smallest absolute Gasteiger partial charge is 0.344 e. The van der Waals surface area contributed by atoms with Gasteiger partial charge in [0.05, 0.1) is 11.8 Å². The summed E-state index contributed by atoms with van der Waals surface area (Å²) < 4.78 is 11.0. The third-order valence-electron chi connectivity index (χ3n) is 3.66. The fourth-order valence-corrected chi connectivity index (χ4v) is 2.59. The number of para-hydroxylation sites is 1. The van der Waals surface area contributed by atoms with E-state index in [0.717, 1.165) is 27.5 Å². The number of rotatable bonds is 1. The summed E-state index contributed by atoms with van der Waals surface area (Å²) in [5.41, 5.74) is 3.43. The predicted octanol–water partition coefficient (Wildman–Crippen LogP) is 4.51. The quantitative estimate of drug-likeness (QED) is 0.480. The Labute approximate surface area is 120 Å². The van der Waals surface area contributed by atoms with Crippen LogP contribution in [0, 0.1) is 6.92 Å². The van der Waals surface area contributed by atoms with Gasteiger partial charge in [-0.25, -0.2) is 4.79 Å². The summed E-state index contributed by atoms with van der Waals surface area (Å²) in [4.78, 5) is 12.2. The number of benzene rings is 2. The van der Waals surface area contributed by atoms with Gasteiger partial charge in [-0.05, 0) is 30.7 Å². The van der Waals surface area contributed by atoms with Gasteiger partial charge in [0.2, 0.25) is 0 Å². The first-order chi connectivity index (χ1) is 10.2. The number of furan rings is 1. The van der Waals surface area contributed by atoms with Gasteiger partial charge in [0.25, 0.3) is 0 Å². The van der Waals surface area contributed by atoms with Crippen molar-refractivity contribution in [2.45, 2.75) is 6.92 Å². The summed E-state index contributed by atoms with van der Waals surface area (Å²) in [6, 6.07) is 15.3. The molecule has 0 aliphatic carbocycles. The molecular formula is C18H12O3. The van der Waals surface area contributed by atoms with Crippen molar-refractivity contribution >= 4 is 21.9 Å². The van der Waals surface area contributed by atoms with Crippen molar-refractivity contribution in [1.82, 2.24) is 0 Å². The molecule has 3 nitrogen and oxygen atoms in total. The van der Waals surface area contributed by atoms with Crippen molar-refractivity contribution in [3.63, 3.8) is 0 Å². The largest absolute Gasteiger partial charge is 0.464 e. The molecule has 0 N–H and O–H groups in total. The van der Waals surface area contributed by atoms with Crippen LogP contribution in [0.5, 0.6) is 0 Å². The Balaban J connectivity index is 2.04. The van der Waals surface area contributed by atoms with E-state index in [1.165, 1.54) is 0 Å². The van der Waals surface area contributed by atoms with E-state index in [2.05, 4.69) is 0 Å². The fourth-order valence-electron chi connectivity index (χ4n) is 2.59. The van der Waals surface area contributed by atoms with Crippen LogP contribution in [0.25, 0.3) is 33.1 Å². The van der Waals surface area contributed by atoms with E-state index in [1.54, 1.807) is 12.3 Å². The highest BCUT2D eigenvalue weighted by atomic mass is 16.4. The maximum absolute atomic E-state index is 12.2. The van der Waals surface area contributed by atoms with Gasteiger partial charge in [0.15, 0.2) is 0 Å². The van der Waals surface area contributed by atoms with E-state index in [0.29, 0.717) is 11.1 Å². The molecule has 0 unspecified atom stereocenters. The van der Waals surface area contributed by atoms with Crippen molar-refractivity contribution in [1.29, 1.82) is 0 Å². The molecule has 0 saturated heterocycles. The normalized spacial score (nSPS) is 11.3. The molecule has 0 aliphatic rings. The highest BCUT2D eigenvalue weighted by Crippen LogP contribution is 2.30. The van der Waals surface area contributed by atoms with Crippen LogP contribution in [0.2, 0.25) is 0 Å². The Bertz CT molecular complexity index is 1020. The van der Waals surface area contributed by atoms with Gasteiger partial charge < -0.3 is 8.83 Å². The zero-order chi connectivity index (χ0) is 14.4.